The van der Waals surface area contributed by atoms with Crippen LogP contribution in [0, 0.1) is 27.2 Å². The highest BCUT2D eigenvalue weighted by Crippen LogP contribution is 2.28. The second-order valence-electron chi connectivity index (χ2n) is 5.40. The lowest BCUT2D eigenvalue weighted by molar-refractivity contribution is -0.394. The largest absolute Gasteiger partial charge is 0.366 e. The molecule has 0 fully saturated rings. The number of rotatable bonds is 6. The van der Waals surface area contributed by atoms with Crippen LogP contribution in [0.3, 0.4) is 0 Å². The minimum atomic E-state index is -0.800. The number of nitrogens with zero attached hydrogens (tertiary/aromatic N) is 2. The summed E-state index contributed by atoms with van der Waals surface area (Å²) in [6.07, 6.45) is 0. The molecule has 3 N–H and O–H groups in total. The molecule has 10 heteroatoms. The normalized spacial score (nSPS) is 10.2. The number of amides is 2. The Kier molecular flexibility index (Phi) is 5.26. The molecule has 0 atom stereocenters. The predicted octanol–water partition coefficient (Wildman–Crippen LogP) is 1.84. The molecular formula is C16H14N4O6. The van der Waals surface area contributed by atoms with Gasteiger partial charge in [0.1, 0.15) is 0 Å². The first-order valence-electron chi connectivity index (χ1n) is 7.31. The third-order valence-corrected chi connectivity index (χ3v) is 3.71. The molecule has 0 aliphatic heterocycles. The van der Waals surface area contributed by atoms with E-state index in [9.17, 15) is 29.8 Å². The predicted molar refractivity (Wildman–Crippen MR) is 90.6 cm³/mol. The summed E-state index contributed by atoms with van der Waals surface area (Å²) in [6.45, 7) is 1.41. The Morgan fingerprint density at radius 2 is 1.69 bits per heavy atom. The Morgan fingerprint density at radius 1 is 1.08 bits per heavy atom. The molecular weight excluding hydrogens is 344 g/mol. The molecule has 0 saturated carbocycles. The minimum absolute atomic E-state index is 0.0298. The van der Waals surface area contributed by atoms with E-state index >= 15 is 0 Å². The molecule has 0 aliphatic rings. The summed E-state index contributed by atoms with van der Waals surface area (Å²) < 4.78 is 0. The van der Waals surface area contributed by atoms with Crippen molar-refractivity contribution in [3.05, 3.63) is 78.9 Å². The summed E-state index contributed by atoms with van der Waals surface area (Å²) in [4.78, 5) is 43.8. The molecule has 0 spiro atoms. The van der Waals surface area contributed by atoms with Crippen LogP contribution < -0.4 is 11.1 Å². The van der Waals surface area contributed by atoms with Crippen LogP contribution in [0.5, 0.6) is 0 Å². The summed E-state index contributed by atoms with van der Waals surface area (Å²) >= 11 is 0. The van der Waals surface area contributed by atoms with Gasteiger partial charge in [0.25, 0.3) is 17.3 Å². The van der Waals surface area contributed by atoms with Crippen molar-refractivity contribution in [3.8, 4) is 0 Å². The van der Waals surface area contributed by atoms with Crippen LogP contribution in [0.2, 0.25) is 0 Å². The van der Waals surface area contributed by atoms with Gasteiger partial charge >= 0.3 is 0 Å². The molecule has 0 radical (unpaired) electrons. The van der Waals surface area contributed by atoms with Crippen LogP contribution in [-0.4, -0.2) is 21.7 Å². The molecule has 0 aromatic heterocycles. The van der Waals surface area contributed by atoms with E-state index in [1.807, 2.05) is 0 Å². The highest BCUT2D eigenvalue weighted by atomic mass is 16.6. The molecule has 2 aromatic carbocycles. The lowest BCUT2D eigenvalue weighted by atomic mass is 10.0. The number of nitro groups is 2. The van der Waals surface area contributed by atoms with Gasteiger partial charge in [-0.2, -0.15) is 0 Å². The molecule has 10 nitrogen and oxygen atoms in total. The molecule has 0 aliphatic carbocycles. The number of non-ortho nitro benzene ring substituents is 1. The molecule has 0 unspecified atom stereocenters. The van der Waals surface area contributed by atoms with Crippen LogP contribution in [0.25, 0.3) is 0 Å². The zero-order chi connectivity index (χ0) is 19.4. The van der Waals surface area contributed by atoms with Crippen molar-refractivity contribution in [3.63, 3.8) is 0 Å². The molecule has 2 amide bonds. The zero-order valence-electron chi connectivity index (χ0n) is 13.6. The number of nitrogens with one attached hydrogen (secondary N) is 1. The summed E-state index contributed by atoms with van der Waals surface area (Å²) in [6, 6.07) is 7.97. The van der Waals surface area contributed by atoms with Crippen LogP contribution in [0.1, 0.15) is 31.8 Å². The van der Waals surface area contributed by atoms with Gasteiger partial charge in [-0.05, 0) is 24.6 Å². The molecule has 26 heavy (non-hydrogen) atoms. The average Bonchev–Trinajstić information content (AvgIpc) is 2.59. The van der Waals surface area contributed by atoms with Gasteiger partial charge in [0.15, 0.2) is 0 Å². The number of benzene rings is 2. The first kappa shape index (κ1) is 18.5. The summed E-state index contributed by atoms with van der Waals surface area (Å²) in [5.41, 5.74) is 4.93. The van der Waals surface area contributed by atoms with E-state index in [2.05, 4.69) is 5.32 Å². The van der Waals surface area contributed by atoms with Gasteiger partial charge in [-0.3, -0.25) is 29.8 Å². The van der Waals surface area contributed by atoms with Crippen molar-refractivity contribution in [2.75, 3.05) is 0 Å². The lowest BCUT2D eigenvalue weighted by Crippen LogP contribution is -2.24. The van der Waals surface area contributed by atoms with Crippen molar-refractivity contribution < 1.29 is 19.4 Å². The van der Waals surface area contributed by atoms with E-state index in [-0.39, 0.29) is 17.7 Å². The van der Waals surface area contributed by atoms with Gasteiger partial charge in [0.2, 0.25) is 5.91 Å². The molecule has 0 bridgehead atoms. The van der Waals surface area contributed by atoms with Gasteiger partial charge in [0, 0.05) is 23.7 Å². The monoisotopic (exact) mass is 358 g/mol. The quantitative estimate of drug-likeness (QED) is 0.592. The number of primary amides is 1. The highest BCUT2D eigenvalue weighted by Gasteiger charge is 2.24. The van der Waals surface area contributed by atoms with E-state index in [4.69, 9.17) is 5.73 Å². The Morgan fingerprint density at radius 3 is 2.19 bits per heavy atom. The maximum Gasteiger partial charge on any atom is 0.279 e. The van der Waals surface area contributed by atoms with Gasteiger partial charge in [-0.1, -0.05) is 12.1 Å². The lowest BCUT2D eigenvalue weighted by Gasteiger charge is -2.09. The van der Waals surface area contributed by atoms with Crippen LogP contribution in [-0.2, 0) is 6.54 Å². The number of nitro benzene ring substituents is 2. The molecule has 2 aromatic rings. The van der Waals surface area contributed by atoms with Crippen molar-refractivity contribution in [1.29, 1.82) is 0 Å². The fourth-order valence-corrected chi connectivity index (χ4v) is 2.28. The zero-order valence-corrected chi connectivity index (χ0v) is 13.6. The standard InChI is InChI=1S/C16H14N4O6/c1-9-13(6-12(19(23)24)7-14(9)20(25)26)16(22)18-8-10-2-4-11(5-3-10)15(17)21/h2-7H,8H2,1H3,(H2,17,21)(H,18,22). The smallest absolute Gasteiger partial charge is 0.279 e. The maximum atomic E-state index is 12.3. The van der Waals surface area contributed by atoms with Gasteiger partial charge < -0.3 is 11.1 Å². The third kappa shape index (κ3) is 3.98. The first-order chi connectivity index (χ1) is 12.2. The van der Waals surface area contributed by atoms with Crippen molar-refractivity contribution >= 4 is 23.2 Å². The summed E-state index contributed by atoms with van der Waals surface area (Å²) in [7, 11) is 0. The first-order valence-corrected chi connectivity index (χ1v) is 7.31. The Balaban J connectivity index is 2.24. The number of hydrogen-bond acceptors (Lipinski definition) is 6. The van der Waals surface area contributed by atoms with Crippen molar-refractivity contribution in [1.82, 2.24) is 5.32 Å². The summed E-state index contributed by atoms with van der Waals surface area (Å²) in [5.74, 6) is -1.27. The van der Waals surface area contributed by atoms with E-state index in [1.165, 1.54) is 19.1 Å². The van der Waals surface area contributed by atoms with E-state index < -0.39 is 33.0 Å². The van der Waals surface area contributed by atoms with Crippen molar-refractivity contribution in [2.24, 2.45) is 5.73 Å². The SMILES string of the molecule is Cc1c(C(=O)NCc2ccc(C(N)=O)cc2)cc([N+](=O)[O-])cc1[N+](=O)[O-]. The fraction of sp³-hybridized carbons (Fsp3) is 0.125. The summed E-state index contributed by atoms with van der Waals surface area (Å²) in [5, 5.41) is 24.5. The molecule has 134 valence electrons. The minimum Gasteiger partial charge on any atom is -0.366 e. The number of hydrogen-bond donors (Lipinski definition) is 2. The topological polar surface area (TPSA) is 158 Å². The highest BCUT2D eigenvalue weighted by molar-refractivity contribution is 5.97. The van der Waals surface area contributed by atoms with Crippen LogP contribution >= 0.6 is 0 Å². The van der Waals surface area contributed by atoms with Gasteiger partial charge in [-0.25, -0.2) is 0 Å². The molecule has 2 rings (SSSR count). The van der Waals surface area contributed by atoms with Crippen molar-refractivity contribution in [2.45, 2.75) is 13.5 Å². The van der Waals surface area contributed by atoms with E-state index in [0.29, 0.717) is 11.1 Å². The number of carbonyl (C=O) groups is 2. The van der Waals surface area contributed by atoms with Gasteiger partial charge in [0.05, 0.1) is 21.5 Å². The Hall–Kier alpha value is -3.82. The third-order valence-electron chi connectivity index (χ3n) is 3.71. The van der Waals surface area contributed by atoms with E-state index in [1.54, 1.807) is 12.1 Å². The maximum absolute atomic E-state index is 12.3. The Labute approximate surface area is 146 Å². The van der Waals surface area contributed by atoms with Crippen LogP contribution in [0.4, 0.5) is 11.4 Å². The van der Waals surface area contributed by atoms with Gasteiger partial charge in [-0.15, -0.1) is 0 Å². The van der Waals surface area contributed by atoms with E-state index in [0.717, 1.165) is 12.1 Å². The average molecular weight is 358 g/mol. The second-order valence-corrected chi connectivity index (χ2v) is 5.40. The fourth-order valence-electron chi connectivity index (χ4n) is 2.28. The second kappa shape index (κ2) is 7.38. The molecule has 0 heterocycles. The number of carbonyl (C=O) groups excluding carboxylic acids is 2. The molecule has 0 saturated heterocycles. The number of nitrogens with two attached hydrogens (primary N) is 1. The Bertz CT molecular complexity index is 908. The van der Waals surface area contributed by atoms with Crippen LogP contribution in [0.15, 0.2) is 36.4 Å².